The van der Waals surface area contributed by atoms with E-state index in [1.165, 1.54) is 0 Å². The predicted molar refractivity (Wildman–Crippen MR) is 62.5 cm³/mol. The number of nitrogens with two attached hydrogens (primary N) is 1. The van der Waals surface area contributed by atoms with Crippen LogP contribution in [-0.2, 0) is 4.74 Å². The topological polar surface area (TPSA) is 44.5 Å². The van der Waals surface area contributed by atoms with E-state index in [-0.39, 0.29) is 0 Å². The lowest BCUT2D eigenvalue weighted by molar-refractivity contribution is 0.184. The summed E-state index contributed by atoms with van der Waals surface area (Å²) in [5.41, 5.74) is 6.21. The third-order valence-electron chi connectivity index (χ3n) is 1.96. The van der Waals surface area contributed by atoms with Gasteiger partial charge in [-0.25, -0.2) is 0 Å². The van der Waals surface area contributed by atoms with Gasteiger partial charge < -0.3 is 15.2 Å². The van der Waals surface area contributed by atoms with Crippen molar-refractivity contribution < 1.29 is 9.47 Å². The quantitative estimate of drug-likeness (QED) is 0.603. The fourth-order valence-corrected chi connectivity index (χ4v) is 1.41. The van der Waals surface area contributed by atoms with E-state index < -0.39 is 0 Å². The number of hydrogen-bond acceptors (Lipinski definition) is 3. The minimum atomic E-state index is 0.557. The molecule has 1 rings (SSSR count). The number of hydrogen-bond donors (Lipinski definition) is 1. The van der Waals surface area contributed by atoms with E-state index in [4.69, 9.17) is 26.8 Å². The van der Waals surface area contributed by atoms with Crippen LogP contribution in [0.25, 0.3) is 0 Å². The third kappa shape index (κ3) is 4.40. The SMILES string of the molecule is COCCCCOc1ccc(N)cc1Cl. The van der Waals surface area contributed by atoms with Crippen molar-refractivity contribution in [2.45, 2.75) is 12.8 Å². The zero-order valence-electron chi connectivity index (χ0n) is 8.83. The molecule has 0 heterocycles. The van der Waals surface area contributed by atoms with Crippen molar-refractivity contribution in [1.29, 1.82) is 0 Å². The van der Waals surface area contributed by atoms with Crippen LogP contribution in [0.3, 0.4) is 0 Å². The average Bonchev–Trinajstić information content (AvgIpc) is 2.20. The van der Waals surface area contributed by atoms with E-state index in [9.17, 15) is 0 Å². The Balaban J connectivity index is 2.31. The van der Waals surface area contributed by atoms with Gasteiger partial charge in [-0.05, 0) is 31.0 Å². The van der Waals surface area contributed by atoms with Crippen LogP contribution in [0.2, 0.25) is 5.02 Å². The Bertz CT molecular complexity index is 305. The van der Waals surface area contributed by atoms with Crippen molar-refractivity contribution in [2.75, 3.05) is 26.1 Å². The standard InChI is InChI=1S/C11H16ClNO2/c1-14-6-2-3-7-15-11-5-4-9(13)8-10(11)12/h4-5,8H,2-3,6-7,13H2,1H3. The Morgan fingerprint density at radius 1 is 1.27 bits per heavy atom. The number of benzene rings is 1. The van der Waals surface area contributed by atoms with Crippen molar-refractivity contribution >= 4 is 17.3 Å². The van der Waals surface area contributed by atoms with Gasteiger partial charge in [0.05, 0.1) is 11.6 Å². The third-order valence-corrected chi connectivity index (χ3v) is 2.25. The van der Waals surface area contributed by atoms with Crippen molar-refractivity contribution in [2.24, 2.45) is 0 Å². The van der Waals surface area contributed by atoms with Gasteiger partial charge in [0.1, 0.15) is 5.75 Å². The Hall–Kier alpha value is -0.930. The van der Waals surface area contributed by atoms with Crippen LogP contribution in [-0.4, -0.2) is 20.3 Å². The second-order valence-electron chi connectivity index (χ2n) is 3.24. The molecule has 15 heavy (non-hydrogen) atoms. The first-order chi connectivity index (χ1) is 7.24. The number of rotatable bonds is 6. The summed E-state index contributed by atoms with van der Waals surface area (Å²) in [6, 6.07) is 5.25. The Morgan fingerprint density at radius 3 is 2.67 bits per heavy atom. The van der Waals surface area contributed by atoms with Gasteiger partial charge in [0.15, 0.2) is 0 Å². The minimum Gasteiger partial charge on any atom is -0.492 e. The Morgan fingerprint density at radius 2 is 2.00 bits per heavy atom. The number of unbranched alkanes of at least 4 members (excludes halogenated alkanes) is 1. The van der Waals surface area contributed by atoms with Crippen LogP contribution in [0.15, 0.2) is 18.2 Å². The molecule has 0 aliphatic rings. The maximum Gasteiger partial charge on any atom is 0.138 e. The number of anilines is 1. The van der Waals surface area contributed by atoms with Crippen LogP contribution >= 0.6 is 11.6 Å². The van der Waals surface area contributed by atoms with E-state index >= 15 is 0 Å². The monoisotopic (exact) mass is 229 g/mol. The van der Waals surface area contributed by atoms with Gasteiger partial charge in [0.2, 0.25) is 0 Å². The van der Waals surface area contributed by atoms with Crippen LogP contribution < -0.4 is 10.5 Å². The van der Waals surface area contributed by atoms with E-state index in [0.29, 0.717) is 23.1 Å². The van der Waals surface area contributed by atoms with Gasteiger partial charge >= 0.3 is 0 Å². The lowest BCUT2D eigenvalue weighted by Gasteiger charge is -2.08. The molecular weight excluding hydrogens is 214 g/mol. The van der Waals surface area contributed by atoms with Crippen molar-refractivity contribution in [3.05, 3.63) is 23.2 Å². The zero-order valence-corrected chi connectivity index (χ0v) is 9.59. The summed E-state index contributed by atoms with van der Waals surface area (Å²) in [5.74, 6) is 0.684. The lowest BCUT2D eigenvalue weighted by Crippen LogP contribution is -2.00. The van der Waals surface area contributed by atoms with E-state index in [1.807, 2.05) is 0 Å². The normalized spacial score (nSPS) is 10.3. The van der Waals surface area contributed by atoms with Crippen molar-refractivity contribution in [3.63, 3.8) is 0 Å². The molecule has 0 bridgehead atoms. The average molecular weight is 230 g/mol. The molecular formula is C11H16ClNO2. The van der Waals surface area contributed by atoms with Gasteiger partial charge in [-0.15, -0.1) is 0 Å². The van der Waals surface area contributed by atoms with E-state index in [1.54, 1.807) is 25.3 Å². The summed E-state index contributed by atoms with van der Waals surface area (Å²) in [6.07, 6.45) is 1.94. The van der Waals surface area contributed by atoms with Crippen LogP contribution in [0, 0.1) is 0 Å². The molecule has 0 saturated heterocycles. The van der Waals surface area contributed by atoms with Gasteiger partial charge in [-0.2, -0.15) is 0 Å². The molecule has 1 aromatic carbocycles. The molecule has 0 atom stereocenters. The maximum absolute atomic E-state index is 5.94. The first-order valence-electron chi connectivity index (χ1n) is 4.91. The number of nitrogen functional groups attached to an aromatic ring is 1. The predicted octanol–water partition coefficient (Wildman–Crippen LogP) is 2.73. The van der Waals surface area contributed by atoms with Crippen molar-refractivity contribution in [3.8, 4) is 5.75 Å². The molecule has 0 radical (unpaired) electrons. The van der Waals surface area contributed by atoms with E-state index in [0.717, 1.165) is 19.4 Å². The van der Waals surface area contributed by atoms with Crippen LogP contribution in [0.1, 0.15) is 12.8 Å². The van der Waals surface area contributed by atoms with Crippen LogP contribution in [0.4, 0.5) is 5.69 Å². The molecule has 0 aliphatic carbocycles. The molecule has 0 aliphatic heterocycles. The highest BCUT2D eigenvalue weighted by molar-refractivity contribution is 6.32. The molecule has 3 nitrogen and oxygen atoms in total. The molecule has 84 valence electrons. The molecule has 4 heteroatoms. The highest BCUT2D eigenvalue weighted by Crippen LogP contribution is 2.26. The fraction of sp³-hybridized carbons (Fsp3) is 0.455. The summed E-state index contributed by atoms with van der Waals surface area (Å²) in [6.45, 7) is 1.41. The second-order valence-corrected chi connectivity index (χ2v) is 3.65. The second kappa shape index (κ2) is 6.53. The lowest BCUT2D eigenvalue weighted by atomic mass is 10.3. The number of halogens is 1. The largest absolute Gasteiger partial charge is 0.492 e. The summed E-state index contributed by atoms with van der Waals surface area (Å²) < 4.78 is 10.4. The van der Waals surface area contributed by atoms with Crippen molar-refractivity contribution in [1.82, 2.24) is 0 Å². The molecule has 0 saturated carbocycles. The first-order valence-corrected chi connectivity index (χ1v) is 5.28. The molecule has 0 amide bonds. The molecule has 0 fully saturated rings. The summed E-state index contributed by atoms with van der Waals surface area (Å²) in [7, 11) is 1.69. The Labute approximate surface area is 95.1 Å². The van der Waals surface area contributed by atoms with Crippen LogP contribution in [0.5, 0.6) is 5.75 Å². The minimum absolute atomic E-state index is 0.557. The summed E-state index contributed by atoms with van der Waals surface area (Å²) in [5, 5.41) is 0.557. The molecule has 1 aromatic rings. The number of ether oxygens (including phenoxy) is 2. The van der Waals surface area contributed by atoms with Gasteiger partial charge in [-0.1, -0.05) is 11.6 Å². The number of methoxy groups -OCH3 is 1. The Kier molecular flexibility index (Phi) is 5.29. The first kappa shape index (κ1) is 12.1. The fourth-order valence-electron chi connectivity index (χ4n) is 1.16. The summed E-state index contributed by atoms with van der Waals surface area (Å²) >= 11 is 5.94. The molecule has 0 spiro atoms. The molecule has 0 unspecified atom stereocenters. The van der Waals surface area contributed by atoms with Gasteiger partial charge in [0.25, 0.3) is 0 Å². The summed E-state index contributed by atoms with van der Waals surface area (Å²) in [4.78, 5) is 0. The highest BCUT2D eigenvalue weighted by atomic mass is 35.5. The molecule has 2 N–H and O–H groups in total. The van der Waals surface area contributed by atoms with Gasteiger partial charge in [-0.3, -0.25) is 0 Å². The smallest absolute Gasteiger partial charge is 0.138 e. The maximum atomic E-state index is 5.94. The highest BCUT2D eigenvalue weighted by Gasteiger charge is 2.01. The molecule has 0 aromatic heterocycles. The van der Waals surface area contributed by atoms with E-state index in [2.05, 4.69) is 0 Å². The zero-order chi connectivity index (χ0) is 11.1. The van der Waals surface area contributed by atoms with Gasteiger partial charge in [0, 0.05) is 19.4 Å².